The van der Waals surface area contributed by atoms with Crippen LogP contribution in [0.15, 0.2) is 54.2 Å². The van der Waals surface area contributed by atoms with Crippen LogP contribution < -0.4 is 4.74 Å². The van der Waals surface area contributed by atoms with E-state index in [1.807, 2.05) is 62.1 Å². The Kier molecular flexibility index (Phi) is 6.53. The first-order valence-electron chi connectivity index (χ1n) is 10.9. The van der Waals surface area contributed by atoms with Crippen LogP contribution in [0.5, 0.6) is 5.75 Å². The van der Waals surface area contributed by atoms with Gasteiger partial charge in [-0.15, -0.1) is 0 Å². The van der Waals surface area contributed by atoms with E-state index in [-0.39, 0.29) is 30.6 Å². The van der Waals surface area contributed by atoms with E-state index in [4.69, 9.17) is 21.1 Å². The molecular formula is C25H27ClN2O4. The predicted octanol–water partition coefficient (Wildman–Crippen LogP) is 4.13. The van der Waals surface area contributed by atoms with Crippen molar-refractivity contribution in [3.8, 4) is 5.75 Å². The van der Waals surface area contributed by atoms with Gasteiger partial charge in [-0.3, -0.25) is 14.5 Å². The van der Waals surface area contributed by atoms with Crippen molar-refractivity contribution >= 4 is 29.0 Å². The van der Waals surface area contributed by atoms with Gasteiger partial charge in [0.2, 0.25) is 0 Å². The van der Waals surface area contributed by atoms with E-state index in [0.29, 0.717) is 41.6 Å². The maximum atomic E-state index is 13.6. The number of hydrogen-bond acceptors (Lipinski definition) is 5. The fourth-order valence-electron chi connectivity index (χ4n) is 4.28. The van der Waals surface area contributed by atoms with E-state index in [0.717, 1.165) is 11.3 Å². The summed E-state index contributed by atoms with van der Waals surface area (Å²) >= 11 is 5.99. The highest BCUT2D eigenvalue weighted by Crippen LogP contribution is 2.34. The second-order valence-electron chi connectivity index (χ2n) is 8.17. The number of rotatable bonds is 6. The third kappa shape index (κ3) is 4.52. The summed E-state index contributed by atoms with van der Waals surface area (Å²) in [5.74, 6) is 0.146. The number of carbonyl (C=O) groups is 2. The van der Waals surface area contributed by atoms with E-state index in [9.17, 15) is 9.59 Å². The number of hydrogen-bond donors (Lipinski definition) is 0. The van der Waals surface area contributed by atoms with Gasteiger partial charge in [-0.25, -0.2) is 0 Å². The summed E-state index contributed by atoms with van der Waals surface area (Å²) in [7, 11) is 0. The SMILES string of the molecule is CCOc1ccc(C2=C(N3CC(C)OC(C)C3)C(=O)N(Cc3ccc(Cl)cc3)C2=O)cc1. The highest BCUT2D eigenvalue weighted by Gasteiger charge is 2.43. The zero-order chi connectivity index (χ0) is 22.8. The number of ether oxygens (including phenoxy) is 2. The van der Waals surface area contributed by atoms with Crippen LogP contribution in [0.1, 0.15) is 31.9 Å². The molecule has 1 saturated heterocycles. The molecule has 0 radical (unpaired) electrons. The molecule has 0 aliphatic carbocycles. The summed E-state index contributed by atoms with van der Waals surface area (Å²) in [6.45, 7) is 7.72. The fourth-order valence-corrected chi connectivity index (χ4v) is 4.40. The lowest BCUT2D eigenvalue weighted by Crippen LogP contribution is -2.46. The minimum Gasteiger partial charge on any atom is -0.494 e. The molecule has 7 heteroatoms. The second kappa shape index (κ2) is 9.35. The predicted molar refractivity (Wildman–Crippen MR) is 123 cm³/mol. The highest BCUT2D eigenvalue weighted by molar-refractivity contribution is 6.35. The van der Waals surface area contributed by atoms with Crippen LogP contribution in [0.2, 0.25) is 5.02 Å². The normalized spacial score (nSPS) is 21.5. The standard InChI is InChI=1S/C25H27ClN2O4/c1-4-31-21-11-7-19(8-12-21)22-23(27-13-16(2)32-17(3)14-27)25(30)28(24(22)29)15-18-5-9-20(26)10-6-18/h5-12,16-17H,4,13-15H2,1-3H3. The largest absolute Gasteiger partial charge is 0.494 e. The van der Waals surface area contributed by atoms with Crippen molar-refractivity contribution in [3.63, 3.8) is 0 Å². The summed E-state index contributed by atoms with van der Waals surface area (Å²) in [6, 6.07) is 14.5. The summed E-state index contributed by atoms with van der Waals surface area (Å²) < 4.78 is 11.4. The molecule has 168 valence electrons. The Morgan fingerprint density at radius 3 is 2.19 bits per heavy atom. The smallest absolute Gasteiger partial charge is 0.278 e. The van der Waals surface area contributed by atoms with Gasteiger partial charge >= 0.3 is 0 Å². The van der Waals surface area contributed by atoms with E-state index in [2.05, 4.69) is 0 Å². The quantitative estimate of drug-likeness (QED) is 0.614. The van der Waals surface area contributed by atoms with Crippen LogP contribution in [0, 0.1) is 0 Å². The van der Waals surface area contributed by atoms with Crippen molar-refractivity contribution < 1.29 is 19.1 Å². The molecule has 2 atom stereocenters. The number of imide groups is 1. The number of carbonyl (C=O) groups excluding carboxylic acids is 2. The van der Waals surface area contributed by atoms with Crippen molar-refractivity contribution in [2.45, 2.75) is 39.5 Å². The molecule has 0 bridgehead atoms. The van der Waals surface area contributed by atoms with Gasteiger partial charge in [0.15, 0.2) is 0 Å². The topological polar surface area (TPSA) is 59.1 Å². The summed E-state index contributed by atoms with van der Waals surface area (Å²) in [5, 5.41) is 0.609. The minimum atomic E-state index is -0.295. The van der Waals surface area contributed by atoms with Crippen LogP contribution in [0.25, 0.3) is 5.57 Å². The second-order valence-corrected chi connectivity index (χ2v) is 8.60. The van der Waals surface area contributed by atoms with Gasteiger partial charge in [-0.1, -0.05) is 35.9 Å². The first-order chi connectivity index (χ1) is 15.4. The van der Waals surface area contributed by atoms with Gasteiger partial charge in [0.1, 0.15) is 11.4 Å². The fraction of sp³-hybridized carbons (Fsp3) is 0.360. The molecule has 32 heavy (non-hydrogen) atoms. The third-order valence-corrected chi connectivity index (χ3v) is 5.84. The van der Waals surface area contributed by atoms with E-state index in [1.165, 1.54) is 4.90 Å². The van der Waals surface area contributed by atoms with E-state index >= 15 is 0 Å². The van der Waals surface area contributed by atoms with Gasteiger partial charge in [-0.05, 0) is 56.2 Å². The van der Waals surface area contributed by atoms with Crippen LogP contribution in [-0.4, -0.2) is 53.5 Å². The van der Waals surface area contributed by atoms with Gasteiger partial charge in [0.25, 0.3) is 11.8 Å². The average Bonchev–Trinajstić information content (AvgIpc) is 3.00. The lowest BCUT2D eigenvalue weighted by molar-refractivity contribution is -0.139. The van der Waals surface area contributed by atoms with Crippen molar-refractivity contribution in [1.29, 1.82) is 0 Å². The Labute approximate surface area is 193 Å². The first-order valence-corrected chi connectivity index (χ1v) is 11.2. The van der Waals surface area contributed by atoms with Crippen LogP contribution in [0.4, 0.5) is 0 Å². The van der Waals surface area contributed by atoms with Gasteiger partial charge in [-0.2, -0.15) is 0 Å². The van der Waals surface area contributed by atoms with Crippen LogP contribution in [0.3, 0.4) is 0 Å². The molecule has 2 aromatic carbocycles. The van der Waals surface area contributed by atoms with E-state index in [1.54, 1.807) is 12.1 Å². The van der Waals surface area contributed by atoms with Crippen molar-refractivity contribution in [2.24, 2.45) is 0 Å². The van der Waals surface area contributed by atoms with Crippen molar-refractivity contribution in [2.75, 3.05) is 19.7 Å². The van der Waals surface area contributed by atoms with Crippen molar-refractivity contribution in [3.05, 3.63) is 70.4 Å². The molecule has 2 amide bonds. The molecular weight excluding hydrogens is 428 g/mol. The molecule has 0 N–H and O–H groups in total. The molecule has 2 aliphatic heterocycles. The maximum Gasteiger partial charge on any atom is 0.278 e. The molecule has 6 nitrogen and oxygen atoms in total. The maximum absolute atomic E-state index is 13.6. The monoisotopic (exact) mass is 454 g/mol. The molecule has 2 unspecified atom stereocenters. The molecule has 4 rings (SSSR count). The Morgan fingerprint density at radius 2 is 1.59 bits per heavy atom. The molecule has 1 fully saturated rings. The number of nitrogens with zero attached hydrogens (tertiary/aromatic N) is 2. The molecule has 0 aromatic heterocycles. The third-order valence-electron chi connectivity index (χ3n) is 5.59. The molecule has 2 aliphatic rings. The first kappa shape index (κ1) is 22.4. The molecule has 2 aromatic rings. The summed E-state index contributed by atoms with van der Waals surface area (Å²) in [6.07, 6.45) is -0.0814. The van der Waals surface area contributed by atoms with Gasteiger partial charge < -0.3 is 14.4 Å². The Hall–Kier alpha value is -2.83. The summed E-state index contributed by atoms with van der Waals surface area (Å²) in [5.41, 5.74) is 2.41. The number of halogens is 1. The van der Waals surface area contributed by atoms with Crippen LogP contribution in [-0.2, 0) is 20.9 Å². The number of amides is 2. The lowest BCUT2D eigenvalue weighted by atomic mass is 10.0. The molecule has 0 spiro atoms. The Balaban J connectivity index is 1.72. The zero-order valence-corrected chi connectivity index (χ0v) is 19.3. The van der Waals surface area contributed by atoms with Gasteiger partial charge in [0, 0.05) is 18.1 Å². The zero-order valence-electron chi connectivity index (χ0n) is 18.5. The van der Waals surface area contributed by atoms with Crippen LogP contribution >= 0.6 is 11.6 Å². The minimum absolute atomic E-state index is 0.0407. The number of benzene rings is 2. The molecule has 0 saturated carbocycles. The Bertz CT molecular complexity index is 1020. The lowest BCUT2D eigenvalue weighted by Gasteiger charge is -2.37. The summed E-state index contributed by atoms with van der Waals surface area (Å²) in [4.78, 5) is 30.4. The van der Waals surface area contributed by atoms with Gasteiger partial charge in [0.05, 0.1) is 30.9 Å². The van der Waals surface area contributed by atoms with E-state index < -0.39 is 0 Å². The Morgan fingerprint density at radius 1 is 0.969 bits per heavy atom. The average molecular weight is 455 g/mol. The van der Waals surface area contributed by atoms with Crippen molar-refractivity contribution in [1.82, 2.24) is 9.80 Å². The number of morpholine rings is 1. The molecule has 2 heterocycles. The highest BCUT2D eigenvalue weighted by atomic mass is 35.5.